The van der Waals surface area contributed by atoms with E-state index in [2.05, 4.69) is 0 Å². The topological polar surface area (TPSA) is 34.1 Å². The molecule has 2 radical (unpaired) electrons. The van der Waals surface area contributed by atoms with Gasteiger partial charge in [-0.3, -0.25) is 9.59 Å². The monoisotopic (exact) mass is 278 g/mol. The number of hydrogen-bond acceptors (Lipinski definition) is 2. The van der Waals surface area contributed by atoms with Crippen LogP contribution in [0.2, 0.25) is 0 Å². The Kier molecular flexibility index (Phi) is 8.81. The third-order valence-electron chi connectivity index (χ3n) is 3.42. The smallest absolute Gasteiger partial charge is 0.137 e. The second-order valence-electron chi connectivity index (χ2n) is 4.77. The van der Waals surface area contributed by atoms with E-state index in [1.165, 1.54) is 19.3 Å². The molecule has 17 heavy (non-hydrogen) atoms. The fraction of sp³-hybridized carbons (Fsp3) is 0.714. The number of Topliss-reactive ketones (excluding diaryl/α,β-unsaturated/α-hetero) is 2. The number of rotatable bonds is 2. The van der Waals surface area contributed by atoms with Crippen LogP contribution in [0.1, 0.15) is 58.8 Å². The molecule has 2 aliphatic rings. The maximum absolute atomic E-state index is 10.6. The van der Waals surface area contributed by atoms with Gasteiger partial charge in [-0.25, -0.2) is 0 Å². The summed E-state index contributed by atoms with van der Waals surface area (Å²) in [7, 11) is 0. The van der Waals surface area contributed by atoms with Crippen molar-refractivity contribution in [3.05, 3.63) is 12.3 Å². The third-order valence-corrected chi connectivity index (χ3v) is 3.42. The van der Waals surface area contributed by atoms with E-state index in [4.69, 9.17) is 0 Å². The van der Waals surface area contributed by atoms with Crippen LogP contribution in [0.15, 0.2) is 0 Å². The summed E-state index contributed by atoms with van der Waals surface area (Å²) in [4.78, 5) is 21.2. The van der Waals surface area contributed by atoms with Gasteiger partial charge in [0.05, 0.1) is 0 Å². The molecule has 0 unspecified atom stereocenters. The molecule has 2 nitrogen and oxygen atoms in total. The maximum atomic E-state index is 10.6. The van der Waals surface area contributed by atoms with Crippen LogP contribution < -0.4 is 0 Å². The summed E-state index contributed by atoms with van der Waals surface area (Å²) >= 11 is 0. The molecule has 0 aromatic carbocycles. The van der Waals surface area contributed by atoms with Crippen LogP contribution in [0.4, 0.5) is 0 Å². The van der Waals surface area contributed by atoms with Crippen molar-refractivity contribution in [2.45, 2.75) is 58.8 Å². The van der Waals surface area contributed by atoms with Gasteiger partial charge in [0.2, 0.25) is 0 Å². The first kappa shape index (κ1) is 16.9. The molecule has 0 heterocycles. The van der Waals surface area contributed by atoms with Crippen molar-refractivity contribution in [2.75, 3.05) is 0 Å². The standard InChI is InChI=1S/C7H12O.C7H10O.Fe/c2*1-6(8)7-4-2-3-5-7;/h7H,2-5H2,1H3;4H,2-3,5H2,1H3;. The minimum absolute atomic E-state index is 0. The van der Waals surface area contributed by atoms with E-state index >= 15 is 0 Å². The summed E-state index contributed by atoms with van der Waals surface area (Å²) < 4.78 is 0. The van der Waals surface area contributed by atoms with E-state index in [0.717, 1.165) is 31.6 Å². The Morgan fingerprint density at radius 3 is 1.94 bits per heavy atom. The summed E-state index contributed by atoms with van der Waals surface area (Å²) in [5.41, 5.74) is 0. The molecule has 2 saturated carbocycles. The fourth-order valence-electron chi connectivity index (χ4n) is 2.32. The molecule has 2 rings (SSSR count). The molecule has 0 amide bonds. The van der Waals surface area contributed by atoms with Gasteiger partial charge in [-0.15, -0.1) is 0 Å². The van der Waals surface area contributed by atoms with Crippen molar-refractivity contribution >= 4 is 11.6 Å². The van der Waals surface area contributed by atoms with Gasteiger partial charge in [0.1, 0.15) is 11.6 Å². The normalized spacial score (nSPS) is 20.4. The van der Waals surface area contributed by atoms with Crippen molar-refractivity contribution in [2.24, 2.45) is 5.92 Å². The van der Waals surface area contributed by atoms with Gasteiger partial charge in [-0.1, -0.05) is 19.3 Å². The molecule has 2 aliphatic carbocycles. The summed E-state index contributed by atoms with van der Waals surface area (Å²) in [6.45, 7) is 3.34. The first-order valence-corrected chi connectivity index (χ1v) is 6.31. The van der Waals surface area contributed by atoms with Crippen molar-refractivity contribution in [1.29, 1.82) is 0 Å². The molecular formula is C14H22FeO2. The van der Waals surface area contributed by atoms with E-state index in [-0.39, 0.29) is 22.9 Å². The van der Waals surface area contributed by atoms with Gasteiger partial charge >= 0.3 is 0 Å². The Hall–Kier alpha value is -0.141. The number of hydrogen-bond donors (Lipinski definition) is 0. The molecule has 98 valence electrons. The van der Waals surface area contributed by atoms with Crippen molar-refractivity contribution < 1.29 is 26.7 Å². The van der Waals surface area contributed by atoms with Crippen LogP contribution in [0, 0.1) is 18.3 Å². The van der Waals surface area contributed by atoms with Crippen LogP contribution in [-0.4, -0.2) is 11.6 Å². The molecule has 0 spiro atoms. The van der Waals surface area contributed by atoms with Crippen molar-refractivity contribution in [3.8, 4) is 0 Å². The largest absolute Gasteiger partial charge is 0.300 e. The van der Waals surface area contributed by atoms with Crippen LogP contribution in [0.3, 0.4) is 0 Å². The second kappa shape index (κ2) is 8.88. The number of carbonyl (C=O) groups excluding carboxylic acids is 2. The van der Waals surface area contributed by atoms with Crippen molar-refractivity contribution in [3.63, 3.8) is 0 Å². The van der Waals surface area contributed by atoms with E-state index in [0.29, 0.717) is 11.7 Å². The fourth-order valence-corrected chi connectivity index (χ4v) is 2.32. The number of ketones is 2. The predicted octanol–water partition coefficient (Wildman–Crippen LogP) is 3.30. The van der Waals surface area contributed by atoms with Gasteiger partial charge in [-0.2, -0.15) is 0 Å². The van der Waals surface area contributed by atoms with Crippen LogP contribution in [0.25, 0.3) is 0 Å². The Balaban J connectivity index is 0.000000284. The zero-order chi connectivity index (χ0) is 12.0. The molecule has 0 bridgehead atoms. The zero-order valence-electron chi connectivity index (χ0n) is 10.8. The minimum Gasteiger partial charge on any atom is -0.300 e. The van der Waals surface area contributed by atoms with Gasteiger partial charge in [-0.05, 0) is 46.0 Å². The SMILES string of the molecule is CC(=O)C1CCCC1.CC(=O)[C]1[CH]CCC1.[Fe]. The maximum Gasteiger partial charge on any atom is 0.137 e. The van der Waals surface area contributed by atoms with Gasteiger partial charge in [0.15, 0.2) is 0 Å². The molecule has 0 atom stereocenters. The van der Waals surface area contributed by atoms with E-state index < -0.39 is 0 Å². The predicted molar refractivity (Wildman–Crippen MR) is 64.7 cm³/mol. The molecule has 2 fully saturated rings. The summed E-state index contributed by atoms with van der Waals surface area (Å²) in [6, 6.07) is 0. The average molecular weight is 278 g/mol. The van der Waals surface area contributed by atoms with Gasteiger partial charge < -0.3 is 0 Å². The molecular weight excluding hydrogens is 256 g/mol. The minimum atomic E-state index is 0. The quantitative estimate of drug-likeness (QED) is 0.726. The van der Waals surface area contributed by atoms with Gasteiger partial charge in [0, 0.05) is 28.9 Å². The Bertz CT molecular complexity index is 213. The number of carbonyl (C=O) groups is 2. The molecule has 0 aromatic heterocycles. The first-order chi connectivity index (χ1) is 7.61. The average Bonchev–Trinajstić information content (AvgIpc) is 2.93. The first-order valence-electron chi connectivity index (χ1n) is 6.31. The Morgan fingerprint density at radius 1 is 1.12 bits per heavy atom. The van der Waals surface area contributed by atoms with Crippen LogP contribution >= 0.6 is 0 Å². The zero-order valence-corrected chi connectivity index (χ0v) is 11.9. The summed E-state index contributed by atoms with van der Waals surface area (Å²) in [5.74, 6) is 2.10. The van der Waals surface area contributed by atoms with Crippen LogP contribution in [-0.2, 0) is 26.7 Å². The third kappa shape index (κ3) is 6.38. The second-order valence-corrected chi connectivity index (χ2v) is 4.77. The molecule has 0 aliphatic heterocycles. The molecule has 0 aromatic rings. The van der Waals surface area contributed by atoms with Crippen molar-refractivity contribution in [1.82, 2.24) is 0 Å². The van der Waals surface area contributed by atoms with E-state index in [1.54, 1.807) is 13.8 Å². The van der Waals surface area contributed by atoms with E-state index in [9.17, 15) is 9.59 Å². The van der Waals surface area contributed by atoms with E-state index in [1.807, 2.05) is 6.42 Å². The molecule has 0 N–H and O–H groups in total. The molecule has 3 heteroatoms. The Labute approximate surface area is 115 Å². The summed E-state index contributed by atoms with van der Waals surface area (Å²) in [6.07, 6.45) is 10.2. The summed E-state index contributed by atoms with van der Waals surface area (Å²) in [5, 5.41) is 0. The molecule has 0 saturated heterocycles. The van der Waals surface area contributed by atoms with Gasteiger partial charge in [0.25, 0.3) is 0 Å². The Morgan fingerprint density at radius 2 is 1.71 bits per heavy atom. The van der Waals surface area contributed by atoms with Crippen LogP contribution in [0.5, 0.6) is 0 Å².